The normalized spacial score (nSPS) is 25.4. The van der Waals surface area contributed by atoms with Crippen LogP contribution in [0.5, 0.6) is 0 Å². The van der Waals surface area contributed by atoms with E-state index in [0.29, 0.717) is 12.1 Å². The number of piperazine rings is 1. The SMILES string of the molecule is CN1CCN(CC(C#N)NC2CC2)C(c2ccccc2)C1. The van der Waals surface area contributed by atoms with Gasteiger partial charge in [0.15, 0.2) is 0 Å². The van der Waals surface area contributed by atoms with Crippen LogP contribution in [0.1, 0.15) is 24.4 Å². The molecule has 1 saturated heterocycles. The summed E-state index contributed by atoms with van der Waals surface area (Å²) in [6.45, 7) is 3.96. The Morgan fingerprint density at radius 2 is 2.05 bits per heavy atom. The zero-order valence-electron chi connectivity index (χ0n) is 12.7. The minimum absolute atomic E-state index is 0.0490. The number of nitriles is 1. The molecule has 1 aliphatic heterocycles. The fourth-order valence-corrected chi connectivity index (χ4v) is 3.07. The van der Waals surface area contributed by atoms with E-state index in [-0.39, 0.29) is 6.04 Å². The van der Waals surface area contributed by atoms with E-state index in [1.807, 2.05) is 0 Å². The standard InChI is InChI=1S/C17H24N4/c1-20-9-10-21(12-16(11-18)19-15-7-8-15)17(13-20)14-5-3-2-4-6-14/h2-6,15-17,19H,7-10,12-13H2,1H3. The Hall–Kier alpha value is -1.41. The van der Waals surface area contributed by atoms with Crippen molar-refractivity contribution in [2.45, 2.75) is 31.0 Å². The maximum absolute atomic E-state index is 9.39. The molecule has 2 fully saturated rings. The lowest BCUT2D eigenvalue weighted by molar-refractivity contribution is 0.0852. The summed E-state index contributed by atoms with van der Waals surface area (Å²) in [5.41, 5.74) is 1.35. The summed E-state index contributed by atoms with van der Waals surface area (Å²) in [4.78, 5) is 4.85. The lowest BCUT2D eigenvalue weighted by atomic mass is 10.0. The topological polar surface area (TPSA) is 42.3 Å². The molecule has 1 N–H and O–H groups in total. The number of hydrogen-bond acceptors (Lipinski definition) is 4. The second-order valence-electron chi connectivity index (χ2n) is 6.31. The second-order valence-corrected chi connectivity index (χ2v) is 6.31. The van der Waals surface area contributed by atoms with Gasteiger partial charge in [-0.1, -0.05) is 30.3 Å². The second kappa shape index (κ2) is 6.57. The Bertz CT molecular complexity index is 491. The average Bonchev–Trinajstić information content (AvgIpc) is 3.33. The number of nitrogens with zero attached hydrogens (tertiary/aromatic N) is 3. The molecular weight excluding hydrogens is 260 g/mol. The van der Waals surface area contributed by atoms with Gasteiger partial charge in [0.25, 0.3) is 0 Å². The molecule has 3 rings (SSSR count). The van der Waals surface area contributed by atoms with Crippen LogP contribution in [-0.2, 0) is 0 Å². The molecule has 2 aliphatic rings. The van der Waals surface area contributed by atoms with Crippen molar-refractivity contribution in [3.05, 3.63) is 35.9 Å². The number of rotatable bonds is 5. The van der Waals surface area contributed by atoms with Crippen molar-refractivity contribution < 1.29 is 0 Å². The van der Waals surface area contributed by atoms with Crippen LogP contribution in [0, 0.1) is 11.3 Å². The molecule has 1 saturated carbocycles. The first-order chi connectivity index (χ1) is 10.3. The molecule has 112 valence electrons. The summed E-state index contributed by atoms with van der Waals surface area (Å²) >= 11 is 0. The maximum atomic E-state index is 9.39. The van der Waals surface area contributed by atoms with Gasteiger partial charge in [0, 0.05) is 38.3 Å². The van der Waals surface area contributed by atoms with Crippen LogP contribution in [0.4, 0.5) is 0 Å². The third kappa shape index (κ3) is 3.82. The largest absolute Gasteiger partial charge is 0.303 e. The van der Waals surface area contributed by atoms with Crippen molar-refractivity contribution in [2.75, 3.05) is 33.2 Å². The summed E-state index contributed by atoms with van der Waals surface area (Å²) in [5, 5.41) is 12.8. The molecule has 1 aliphatic carbocycles. The molecule has 2 atom stereocenters. The first-order valence-corrected chi connectivity index (χ1v) is 7.89. The Balaban J connectivity index is 1.70. The minimum Gasteiger partial charge on any atom is -0.303 e. The van der Waals surface area contributed by atoms with Crippen LogP contribution in [0.2, 0.25) is 0 Å². The lowest BCUT2D eigenvalue weighted by Gasteiger charge is -2.41. The highest BCUT2D eigenvalue weighted by Crippen LogP contribution is 2.25. The van der Waals surface area contributed by atoms with Crippen molar-refractivity contribution in [2.24, 2.45) is 0 Å². The first kappa shape index (κ1) is 14.5. The highest BCUT2D eigenvalue weighted by molar-refractivity contribution is 5.20. The molecule has 2 unspecified atom stereocenters. The van der Waals surface area contributed by atoms with Gasteiger partial charge >= 0.3 is 0 Å². The van der Waals surface area contributed by atoms with E-state index in [2.05, 4.69) is 58.6 Å². The molecule has 1 aromatic carbocycles. The predicted molar refractivity (Wildman–Crippen MR) is 83.8 cm³/mol. The number of benzene rings is 1. The van der Waals surface area contributed by atoms with E-state index in [1.165, 1.54) is 18.4 Å². The smallest absolute Gasteiger partial charge is 0.108 e. The van der Waals surface area contributed by atoms with Crippen LogP contribution >= 0.6 is 0 Å². The molecule has 0 bridgehead atoms. The van der Waals surface area contributed by atoms with Gasteiger partial charge in [0.05, 0.1) is 6.07 Å². The molecule has 1 heterocycles. The van der Waals surface area contributed by atoms with Gasteiger partial charge < -0.3 is 4.90 Å². The van der Waals surface area contributed by atoms with Gasteiger partial charge in [0.2, 0.25) is 0 Å². The van der Waals surface area contributed by atoms with Gasteiger partial charge in [-0.3, -0.25) is 10.2 Å². The molecule has 21 heavy (non-hydrogen) atoms. The van der Waals surface area contributed by atoms with E-state index in [9.17, 15) is 5.26 Å². The summed E-state index contributed by atoms with van der Waals surface area (Å²) in [5.74, 6) is 0. The van der Waals surface area contributed by atoms with Gasteiger partial charge in [-0.05, 0) is 25.5 Å². The third-order valence-corrected chi connectivity index (χ3v) is 4.47. The summed E-state index contributed by atoms with van der Waals surface area (Å²) in [6, 6.07) is 14.0. The van der Waals surface area contributed by atoms with Crippen LogP contribution < -0.4 is 5.32 Å². The minimum atomic E-state index is -0.0490. The molecule has 0 amide bonds. The Morgan fingerprint density at radius 3 is 2.71 bits per heavy atom. The molecule has 4 nitrogen and oxygen atoms in total. The number of hydrogen-bond donors (Lipinski definition) is 1. The monoisotopic (exact) mass is 284 g/mol. The maximum Gasteiger partial charge on any atom is 0.108 e. The number of likely N-dealkylation sites (N-methyl/N-ethyl adjacent to an activating group) is 1. The molecule has 0 radical (unpaired) electrons. The molecular formula is C17H24N4. The molecule has 4 heteroatoms. The van der Waals surface area contributed by atoms with E-state index in [4.69, 9.17) is 0 Å². The molecule has 0 spiro atoms. The van der Waals surface area contributed by atoms with E-state index in [0.717, 1.165) is 26.2 Å². The highest BCUT2D eigenvalue weighted by atomic mass is 15.3. The van der Waals surface area contributed by atoms with Crippen LogP contribution in [0.25, 0.3) is 0 Å². The van der Waals surface area contributed by atoms with Crippen molar-refractivity contribution in [1.29, 1.82) is 5.26 Å². The van der Waals surface area contributed by atoms with Gasteiger partial charge in [0.1, 0.15) is 6.04 Å². The van der Waals surface area contributed by atoms with Crippen molar-refractivity contribution >= 4 is 0 Å². The average molecular weight is 284 g/mol. The summed E-state index contributed by atoms with van der Waals surface area (Å²) in [7, 11) is 2.18. The van der Waals surface area contributed by atoms with Crippen LogP contribution in [0.15, 0.2) is 30.3 Å². The zero-order chi connectivity index (χ0) is 14.7. The quantitative estimate of drug-likeness (QED) is 0.892. The Labute approximate surface area is 127 Å². The fourth-order valence-electron chi connectivity index (χ4n) is 3.07. The Kier molecular flexibility index (Phi) is 4.54. The third-order valence-electron chi connectivity index (χ3n) is 4.47. The van der Waals surface area contributed by atoms with Crippen molar-refractivity contribution in [1.82, 2.24) is 15.1 Å². The van der Waals surface area contributed by atoms with Gasteiger partial charge in [-0.2, -0.15) is 5.26 Å². The van der Waals surface area contributed by atoms with E-state index in [1.54, 1.807) is 0 Å². The first-order valence-electron chi connectivity index (χ1n) is 7.89. The highest BCUT2D eigenvalue weighted by Gasteiger charge is 2.30. The molecule has 0 aromatic heterocycles. The van der Waals surface area contributed by atoms with E-state index < -0.39 is 0 Å². The summed E-state index contributed by atoms with van der Waals surface area (Å²) in [6.07, 6.45) is 2.45. The van der Waals surface area contributed by atoms with Crippen LogP contribution in [-0.4, -0.2) is 55.1 Å². The predicted octanol–water partition coefficient (Wildman–Crippen LogP) is 1.62. The van der Waals surface area contributed by atoms with Crippen LogP contribution in [0.3, 0.4) is 0 Å². The zero-order valence-corrected chi connectivity index (χ0v) is 12.7. The van der Waals surface area contributed by atoms with E-state index >= 15 is 0 Å². The molecule has 1 aromatic rings. The number of nitrogens with one attached hydrogen (secondary N) is 1. The van der Waals surface area contributed by atoms with Crippen molar-refractivity contribution in [3.8, 4) is 6.07 Å². The van der Waals surface area contributed by atoms with Gasteiger partial charge in [-0.15, -0.1) is 0 Å². The summed E-state index contributed by atoms with van der Waals surface area (Å²) < 4.78 is 0. The lowest BCUT2D eigenvalue weighted by Crippen LogP contribution is -2.51. The Morgan fingerprint density at radius 1 is 1.29 bits per heavy atom. The van der Waals surface area contributed by atoms with Gasteiger partial charge in [-0.25, -0.2) is 0 Å². The van der Waals surface area contributed by atoms with Crippen molar-refractivity contribution in [3.63, 3.8) is 0 Å². The fraction of sp³-hybridized carbons (Fsp3) is 0.588.